The van der Waals surface area contributed by atoms with Crippen LogP contribution in [-0.4, -0.2) is 26.4 Å². The number of aliphatic hydroxyl groups is 1. The van der Waals surface area contributed by atoms with E-state index in [1.54, 1.807) is 6.92 Å². The summed E-state index contributed by atoms with van der Waals surface area (Å²) in [4.78, 5) is 10.4. The van der Waals surface area contributed by atoms with Crippen LogP contribution in [0.3, 0.4) is 0 Å². The number of halogens is 2. The highest BCUT2D eigenvalue weighted by Crippen LogP contribution is 2.25. The Kier molecular flexibility index (Phi) is 4.89. The van der Waals surface area contributed by atoms with Gasteiger partial charge in [-0.1, -0.05) is 12.1 Å². The van der Waals surface area contributed by atoms with Crippen LogP contribution >= 0.6 is 0 Å². The molecule has 9 heteroatoms. The van der Waals surface area contributed by atoms with Crippen molar-refractivity contribution in [1.82, 2.24) is 9.78 Å². The summed E-state index contributed by atoms with van der Waals surface area (Å²) >= 11 is 0. The second-order valence-electron chi connectivity index (χ2n) is 4.92. The fourth-order valence-corrected chi connectivity index (χ4v) is 2.27. The molecular formula is C14H15F2N3O4. The summed E-state index contributed by atoms with van der Waals surface area (Å²) in [7, 11) is 0. The molecule has 1 aromatic heterocycles. The number of nitro groups is 1. The molecule has 0 saturated heterocycles. The molecule has 0 spiro atoms. The van der Waals surface area contributed by atoms with Gasteiger partial charge in [0.2, 0.25) is 0 Å². The van der Waals surface area contributed by atoms with E-state index in [2.05, 4.69) is 9.84 Å². The third-order valence-corrected chi connectivity index (χ3v) is 3.36. The van der Waals surface area contributed by atoms with Crippen molar-refractivity contribution in [1.29, 1.82) is 0 Å². The number of rotatable bonds is 6. The lowest BCUT2D eigenvalue weighted by Crippen LogP contribution is -2.11. The van der Waals surface area contributed by atoms with Crippen LogP contribution < -0.4 is 4.74 Å². The zero-order valence-electron chi connectivity index (χ0n) is 12.4. The SMILES string of the molecule is Cc1nn(CC(O)c2ccc(OC(F)F)cc2)c(C)c1[N+](=O)[O-]. The van der Waals surface area contributed by atoms with Crippen LogP contribution in [0.5, 0.6) is 5.75 Å². The fraction of sp³-hybridized carbons (Fsp3) is 0.357. The average molecular weight is 327 g/mol. The van der Waals surface area contributed by atoms with Crippen molar-refractivity contribution in [3.8, 4) is 5.75 Å². The summed E-state index contributed by atoms with van der Waals surface area (Å²) in [5.41, 5.74) is 0.976. The van der Waals surface area contributed by atoms with Crippen molar-refractivity contribution in [2.24, 2.45) is 0 Å². The molecule has 0 amide bonds. The van der Waals surface area contributed by atoms with E-state index in [1.165, 1.54) is 35.9 Å². The molecule has 1 atom stereocenters. The van der Waals surface area contributed by atoms with Crippen molar-refractivity contribution in [2.75, 3.05) is 0 Å². The molecule has 0 bridgehead atoms. The molecule has 1 aromatic carbocycles. The zero-order valence-corrected chi connectivity index (χ0v) is 12.4. The highest BCUT2D eigenvalue weighted by molar-refractivity contribution is 5.39. The molecule has 0 radical (unpaired) electrons. The minimum atomic E-state index is -2.92. The molecule has 0 saturated carbocycles. The smallest absolute Gasteiger partial charge is 0.387 e. The molecule has 1 N–H and O–H groups in total. The zero-order chi connectivity index (χ0) is 17.1. The molecule has 2 aromatic rings. The molecule has 0 aliphatic carbocycles. The lowest BCUT2D eigenvalue weighted by Gasteiger charge is -2.13. The molecule has 1 unspecified atom stereocenters. The number of benzene rings is 1. The third-order valence-electron chi connectivity index (χ3n) is 3.36. The number of nitrogens with zero attached hydrogens (tertiary/aromatic N) is 3. The Hall–Kier alpha value is -2.55. The summed E-state index contributed by atoms with van der Waals surface area (Å²) in [6.07, 6.45) is -0.992. The molecule has 1 heterocycles. The molecular weight excluding hydrogens is 312 g/mol. The number of hydrogen-bond donors (Lipinski definition) is 1. The molecule has 7 nitrogen and oxygen atoms in total. The summed E-state index contributed by atoms with van der Waals surface area (Å²) in [6.45, 7) is 0.158. The van der Waals surface area contributed by atoms with Crippen molar-refractivity contribution < 1.29 is 23.5 Å². The minimum absolute atomic E-state index is 0.00949. The van der Waals surface area contributed by atoms with Crippen LogP contribution in [0.15, 0.2) is 24.3 Å². The van der Waals surface area contributed by atoms with E-state index >= 15 is 0 Å². The second-order valence-corrected chi connectivity index (χ2v) is 4.92. The van der Waals surface area contributed by atoms with Gasteiger partial charge in [-0.15, -0.1) is 0 Å². The van der Waals surface area contributed by atoms with Crippen LogP contribution in [0.2, 0.25) is 0 Å². The molecule has 23 heavy (non-hydrogen) atoms. The first kappa shape index (κ1) is 16.8. The topological polar surface area (TPSA) is 90.4 Å². The second kappa shape index (κ2) is 6.69. The Bertz CT molecular complexity index is 701. The highest BCUT2D eigenvalue weighted by Gasteiger charge is 2.23. The first-order chi connectivity index (χ1) is 10.8. The van der Waals surface area contributed by atoms with E-state index in [-0.39, 0.29) is 23.7 Å². The standard InChI is InChI=1S/C14H15F2N3O4/c1-8-13(19(21)22)9(2)18(17-8)7-12(20)10-3-5-11(6-4-10)23-14(15)16/h3-6,12,14,20H,7H2,1-2H3. The van der Waals surface area contributed by atoms with Crippen LogP contribution in [0, 0.1) is 24.0 Å². The Morgan fingerprint density at radius 2 is 1.96 bits per heavy atom. The van der Waals surface area contributed by atoms with Crippen LogP contribution in [0.4, 0.5) is 14.5 Å². The van der Waals surface area contributed by atoms with Crippen molar-refractivity contribution in [2.45, 2.75) is 33.1 Å². The van der Waals surface area contributed by atoms with E-state index in [9.17, 15) is 24.0 Å². The van der Waals surface area contributed by atoms with Gasteiger partial charge in [0.15, 0.2) is 0 Å². The monoisotopic (exact) mass is 327 g/mol. The Morgan fingerprint density at radius 1 is 1.35 bits per heavy atom. The predicted octanol–water partition coefficient (Wildman–Crippen LogP) is 2.74. The highest BCUT2D eigenvalue weighted by atomic mass is 19.3. The van der Waals surface area contributed by atoms with Gasteiger partial charge in [-0.3, -0.25) is 14.8 Å². The number of alkyl halides is 2. The maximum atomic E-state index is 12.1. The first-order valence-corrected chi connectivity index (χ1v) is 6.70. The quantitative estimate of drug-likeness (QED) is 0.651. The predicted molar refractivity (Wildman–Crippen MR) is 76.4 cm³/mol. The number of aliphatic hydroxyl groups excluding tert-OH is 1. The number of aromatic nitrogens is 2. The molecule has 124 valence electrons. The van der Waals surface area contributed by atoms with Crippen molar-refractivity contribution in [3.63, 3.8) is 0 Å². The van der Waals surface area contributed by atoms with Gasteiger partial charge < -0.3 is 9.84 Å². The Labute approximate surface area is 130 Å². The third kappa shape index (κ3) is 3.81. The summed E-state index contributed by atoms with van der Waals surface area (Å²) < 4.78 is 29.7. The maximum absolute atomic E-state index is 12.1. The lowest BCUT2D eigenvalue weighted by atomic mass is 10.1. The lowest BCUT2D eigenvalue weighted by molar-refractivity contribution is -0.386. The molecule has 0 aliphatic rings. The Morgan fingerprint density at radius 3 is 2.43 bits per heavy atom. The van der Waals surface area contributed by atoms with Crippen LogP contribution in [0.25, 0.3) is 0 Å². The van der Waals surface area contributed by atoms with Crippen molar-refractivity contribution in [3.05, 3.63) is 51.3 Å². The normalized spacial score (nSPS) is 12.4. The fourth-order valence-electron chi connectivity index (χ4n) is 2.27. The van der Waals surface area contributed by atoms with Gasteiger partial charge in [-0.2, -0.15) is 13.9 Å². The number of ether oxygens (including phenoxy) is 1. The summed E-state index contributed by atoms with van der Waals surface area (Å²) in [5, 5.41) is 25.2. The summed E-state index contributed by atoms with van der Waals surface area (Å²) in [6, 6.07) is 5.52. The van der Waals surface area contributed by atoms with Gasteiger partial charge in [0.25, 0.3) is 0 Å². The van der Waals surface area contributed by atoms with E-state index < -0.39 is 17.6 Å². The molecule has 2 rings (SSSR count). The van der Waals surface area contributed by atoms with E-state index in [4.69, 9.17) is 0 Å². The average Bonchev–Trinajstić information content (AvgIpc) is 2.73. The van der Waals surface area contributed by atoms with E-state index in [1.807, 2.05) is 0 Å². The summed E-state index contributed by atoms with van der Waals surface area (Å²) in [5.74, 6) is -0.0160. The largest absolute Gasteiger partial charge is 0.435 e. The van der Waals surface area contributed by atoms with E-state index in [0.29, 0.717) is 11.3 Å². The van der Waals surface area contributed by atoms with Crippen molar-refractivity contribution >= 4 is 5.69 Å². The van der Waals surface area contributed by atoms with Gasteiger partial charge >= 0.3 is 12.3 Å². The van der Waals surface area contributed by atoms with Gasteiger partial charge in [-0.05, 0) is 31.5 Å². The van der Waals surface area contributed by atoms with E-state index in [0.717, 1.165) is 0 Å². The van der Waals surface area contributed by atoms with Gasteiger partial charge in [-0.25, -0.2) is 0 Å². The first-order valence-electron chi connectivity index (χ1n) is 6.70. The molecule has 0 fully saturated rings. The maximum Gasteiger partial charge on any atom is 0.387 e. The van der Waals surface area contributed by atoms with Crippen LogP contribution in [-0.2, 0) is 6.54 Å². The number of hydrogen-bond acceptors (Lipinski definition) is 5. The number of aryl methyl sites for hydroxylation is 1. The molecule has 0 aliphatic heterocycles. The minimum Gasteiger partial charge on any atom is -0.435 e. The van der Waals surface area contributed by atoms with Gasteiger partial charge in [0.05, 0.1) is 17.6 Å². The van der Waals surface area contributed by atoms with Crippen LogP contribution in [0.1, 0.15) is 23.1 Å². The van der Waals surface area contributed by atoms with Gasteiger partial charge in [0, 0.05) is 0 Å². The Balaban J connectivity index is 2.14. The van der Waals surface area contributed by atoms with Gasteiger partial charge in [0.1, 0.15) is 17.1 Å².